The largest absolute Gasteiger partial charge is 0.477 e. The summed E-state index contributed by atoms with van der Waals surface area (Å²) in [5.41, 5.74) is 2.76. The third-order valence-electron chi connectivity index (χ3n) is 3.09. The van der Waals surface area contributed by atoms with E-state index in [0.29, 0.717) is 5.69 Å². The lowest BCUT2D eigenvalue weighted by Crippen LogP contribution is -2.22. The Bertz CT molecular complexity index is 574. The fourth-order valence-electron chi connectivity index (χ4n) is 2.10. The van der Waals surface area contributed by atoms with Crippen LogP contribution in [0.3, 0.4) is 0 Å². The molecule has 1 aromatic carbocycles. The Morgan fingerprint density at radius 3 is 2.58 bits per heavy atom. The van der Waals surface area contributed by atoms with Gasteiger partial charge in [-0.15, -0.1) is 0 Å². The first kappa shape index (κ1) is 13.1. The minimum atomic E-state index is -1.00. The van der Waals surface area contributed by atoms with Gasteiger partial charge in [-0.3, -0.25) is 5.10 Å². The molecule has 5 heteroatoms. The van der Waals surface area contributed by atoms with Gasteiger partial charge in [0.25, 0.3) is 0 Å². The average Bonchev–Trinajstić information content (AvgIpc) is 2.90. The van der Waals surface area contributed by atoms with Crippen LogP contribution >= 0.6 is 0 Å². The Balaban J connectivity index is 2.46. The van der Waals surface area contributed by atoms with E-state index in [2.05, 4.69) is 28.9 Å². The van der Waals surface area contributed by atoms with Gasteiger partial charge in [0.1, 0.15) is 5.69 Å². The predicted octanol–water partition coefficient (Wildman–Crippen LogP) is 2.62. The van der Waals surface area contributed by atoms with Crippen LogP contribution in [-0.2, 0) is 0 Å². The standard InChI is InChI=1S/C14H17N3O2/c1-3-17(4-2)13-8-6-5-7-10(13)11-9-12(14(18)19)16-15-11/h5-9H,3-4H2,1-2H3,(H,15,16)(H,18,19). The fourth-order valence-corrected chi connectivity index (χ4v) is 2.10. The molecule has 5 nitrogen and oxygen atoms in total. The smallest absolute Gasteiger partial charge is 0.353 e. The van der Waals surface area contributed by atoms with Crippen LogP contribution in [0.15, 0.2) is 30.3 Å². The molecule has 0 saturated carbocycles. The van der Waals surface area contributed by atoms with Gasteiger partial charge in [0.05, 0.1) is 5.69 Å². The first-order valence-corrected chi connectivity index (χ1v) is 6.30. The molecule has 0 unspecified atom stereocenters. The maximum Gasteiger partial charge on any atom is 0.353 e. The molecule has 1 aromatic heterocycles. The average molecular weight is 259 g/mol. The van der Waals surface area contributed by atoms with Gasteiger partial charge >= 0.3 is 5.97 Å². The van der Waals surface area contributed by atoms with Gasteiger partial charge in [-0.1, -0.05) is 18.2 Å². The summed E-state index contributed by atoms with van der Waals surface area (Å²) in [5.74, 6) is -1.00. The SMILES string of the molecule is CCN(CC)c1ccccc1-c1cc(C(=O)O)[nH]n1. The number of carboxylic acid groups (broad SMARTS) is 1. The van der Waals surface area contributed by atoms with E-state index in [1.807, 2.05) is 24.3 Å². The molecule has 0 radical (unpaired) electrons. The molecule has 0 aliphatic rings. The number of H-pyrrole nitrogens is 1. The second-order valence-corrected chi connectivity index (χ2v) is 4.16. The zero-order valence-electron chi connectivity index (χ0n) is 11.1. The van der Waals surface area contributed by atoms with Crippen molar-refractivity contribution < 1.29 is 9.90 Å². The molecule has 0 aliphatic carbocycles. The molecule has 0 saturated heterocycles. The number of para-hydroxylation sites is 1. The second kappa shape index (κ2) is 5.56. The second-order valence-electron chi connectivity index (χ2n) is 4.16. The Labute approximate surface area is 111 Å². The number of rotatable bonds is 5. The van der Waals surface area contributed by atoms with E-state index in [1.165, 1.54) is 0 Å². The van der Waals surface area contributed by atoms with Crippen molar-refractivity contribution in [2.45, 2.75) is 13.8 Å². The lowest BCUT2D eigenvalue weighted by Gasteiger charge is -2.23. The molecule has 0 spiro atoms. The van der Waals surface area contributed by atoms with E-state index in [4.69, 9.17) is 5.11 Å². The number of nitrogens with one attached hydrogen (secondary N) is 1. The number of aromatic amines is 1. The summed E-state index contributed by atoms with van der Waals surface area (Å²) < 4.78 is 0. The summed E-state index contributed by atoms with van der Waals surface area (Å²) in [7, 11) is 0. The molecular formula is C14H17N3O2. The number of aromatic nitrogens is 2. The van der Waals surface area contributed by atoms with Crippen LogP contribution in [0.25, 0.3) is 11.3 Å². The van der Waals surface area contributed by atoms with Gasteiger partial charge in [-0.2, -0.15) is 5.10 Å². The molecule has 2 rings (SSSR count). The van der Waals surface area contributed by atoms with E-state index in [-0.39, 0.29) is 5.69 Å². The van der Waals surface area contributed by atoms with Crippen molar-refractivity contribution in [1.29, 1.82) is 0 Å². The molecule has 0 fully saturated rings. The highest BCUT2D eigenvalue weighted by Crippen LogP contribution is 2.29. The molecule has 1 heterocycles. The highest BCUT2D eigenvalue weighted by Gasteiger charge is 2.14. The maximum absolute atomic E-state index is 10.9. The lowest BCUT2D eigenvalue weighted by molar-refractivity contribution is 0.0690. The monoisotopic (exact) mass is 259 g/mol. The zero-order valence-corrected chi connectivity index (χ0v) is 11.1. The summed E-state index contributed by atoms with van der Waals surface area (Å²) >= 11 is 0. The van der Waals surface area contributed by atoms with Crippen LogP contribution in [0.1, 0.15) is 24.3 Å². The number of aromatic carboxylic acids is 1. The van der Waals surface area contributed by atoms with Crippen molar-refractivity contribution in [1.82, 2.24) is 10.2 Å². The summed E-state index contributed by atoms with van der Waals surface area (Å²) in [6, 6.07) is 9.44. The molecule has 2 N–H and O–H groups in total. The Hall–Kier alpha value is -2.30. The van der Waals surface area contributed by atoms with Crippen LogP contribution in [-0.4, -0.2) is 34.4 Å². The molecule has 19 heavy (non-hydrogen) atoms. The zero-order chi connectivity index (χ0) is 13.8. The normalized spacial score (nSPS) is 10.4. The molecule has 2 aromatic rings. The highest BCUT2D eigenvalue weighted by molar-refractivity contribution is 5.88. The number of anilines is 1. The molecule has 100 valence electrons. The Morgan fingerprint density at radius 1 is 1.32 bits per heavy atom. The summed E-state index contributed by atoms with van der Waals surface area (Å²) in [4.78, 5) is 13.1. The van der Waals surface area contributed by atoms with Gasteiger partial charge < -0.3 is 10.0 Å². The van der Waals surface area contributed by atoms with Crippen molar-refractivity contribution >= 4 is 11.7 Å². The van der Waals surface area contributed by atoms with Crippen molar-refractivity contribution in [2.24, 2.45) is 0 Å². The summed E-state index contributed by atoms with van der Waals surface area (Å²) in [6.07, 6.45) is 0. The van der Waals surface area contributed by atoms with Crippen molar-refractivity contribution in [3.05, 3.63) is 36.0 Å². The van der Waals surface area contributed by atoms with E-state index >= 15 is 0 Å². The van der Waals surface area contributed by atoms with E-state index in [0.717, 1.165) is 24.3 Å². The van der Waals surface area contributed by atoms with Crippen molar-refractivity contribution in [2.75, 3.05) is 18.0 Å². The number of carboxylic acids is 1. The van der Waals surface area contributed by atoms with E-state index in [9.17, 15) is 4.79 Å². The number of nitrogens with zero attached hydrogens (tertiary/aromatic N) is 2. The predicted molar refractivity (Wildman–Crippen MR) is 74.5 cm³/mol. The van der Waals surface area contributed by atoms with Crippen molar-refractivity contribution in [3.63, 3.8) is 0 Å². The molecule has 0 atom stereocenters. The lowest BCUT2D eigenvalue weighted by atomic mass is 10.1. The minimum absolute atomic E-state index is 0.101. The fraction of sp³-hybridized carbons (Fsp3) is 0.286. The van der Waals surface area contributed by atoms with E-state index in [1.54, 1.807) is 6.07 Å². The quantitative estimate of drug-likeness (QED) is 0.866. The van der Waals surface area contributed by atoms with Gasteiger partial charge in [-0.05, 0) is 26.0 Å². The number of carbonyl (C=O) groups is 1. The molecule has 0 amide bonds. The van der Waals surface area contributed by atoms with Crippen LogP contribution in [0.2, 0.25) is 0 Å². The third-order valence-corrected chi connectivity index (χ3v) is 3.09. The van der Waals surface area contributed by atoms with E-state index < -0.39 is 5.97 Å². The molecular weight excluding hydrogens is 242 g/mol. The molecule has 0 aliphatic heterocycles. The van der Waals surface area contributed by atoms with Gasteiger partial charge in [-0.25, -0.2) is 4.79 Å². The van der Waals surface area contributed by atoms with Gasteiger partial charge in [0.15, 0.2) is 0 Å². The first-order valence-electron chi connectivity index (χ1n) is 6.30. The van der Waals surface area contributed by atoms with Gasteiger partial charge in [0, 0.05) is 24.3 Å². The number of benzene rings is 1. The van der Waals surface area contributed by atoms with Gasteiger partial charge in [0.2, 0.25) is 0 Å². The summed E-state index contributed by atoms with van der Waals surface area (Å²) in [6.45, 7) is 5.97. The minimum Gasteiger partial charge on any atom is -0.477 e. The Kier molecular flexibility index (Phi) is 3.85. The Morgan fingerprint density at radius 2 is 2.00 bits per heavy atom. The van der Waals surface area contributed by atoms with Crippen molar-refractivity contribution in [3.8, 4) is 11.3 Å². The topological polar surface area (TPSA) is 69.2 Å². The molecule has 0 bridgehead atoms. The van der Waals surface area contributed by atoms with Crippen LogP contribution in [0.4, 0.5) is 5.69 Å². The van der Waals surface area contributed by atoms with Crippen LogP contribution in [0.5, 0.6) is 0 Å². The van der Waals surface area contributed by atoms with Crippen LogP contribution < -0.4 is 4.90 Å². The maximum atomic E-state index is 10.9. The highest BCUT2D eigenvalue weighted by atomic mass is 16.4. The number of hydrogen-bond donors (Lipinski definition) is 2. The first-order chi connectivity index (χ1) is 9.17. The third kappa shape index (κ3) is 2.59. The number of hydrogen-bond acceptors (Lipinski definition) is 3. The summed E-state index contributed by atoms with van der Waals surface area (Å²) in [5, 5.41) is 15.6. The van der Waals surface area contributed by atoms with Crippen LogP contribution in [0, 0.1) is 0 Å².